The highest BCUT2D eigenvalue weighted by Gasteiger charge is 2.10. The fraction of sp³-hybridized carbons (Fsp3) is 0.417. The van der Waals surface area contributed by atoms with Gasteiger partial charge in [-0.25, -0.2) is 0 Å². The summed E-state index contributed by atoms with van der Waals surface area (Å²) in [5.74, 6) is 0.604. The van der Waals surface area contributed by atoms with Gasteiger partial charge in [-0.1, -0.05) is 19.6 Å². The van der Waals surface area contributed by atoms with Crippen LogP contribution in [0.25, 0.3) is 0 Å². The van der Waals surface area contributed by atoms with Gasteiger partial charge in [-0.2, -0.15) is 0 Å². The lowest BCUT2D eigenvalue weighted by Gasteiger charge is -2.08. The lowest BCUT2D eigenvalue weighted by atomic mass is 9.98. The van der Waals surface area contributed by atoms with E-state index in [-0.39, 0.29) is 5.78 Å². The van der Waals surface area contributed by atoms with Crippen LogP contribution < -0.4 is 0 Å². The first-order valence-corrected chi connectivity index (χ1v) is 5.68. The summed E-state index contributed by atoms with van der Waals surface area (Å²) in [6.07, 6.45) is 1.62. The van der Waals surface area contributed by atoms with Crippen molar-refractivity contribution < 1.29 is 4.79 Å². The molecule has 0 aliphatic carbocycles. The van der Waals surface area contributed by atoms with Crippen molar-refractivity contribution in [1.82, 2.24) is 0 Å². The zero-order valence-electron chi connectivity index (χ0n) is 8.75. The summed E-state index contributed by atoms with van der Waals surface area (Å²) in [6, 6.07) is 4.17. The smallest absolute Gasteiger partial charge is 0.158 e. The molecule has 0 saturated carbocycles. The van der Waals surface area contributed by atoms with Gasteiger partial charge in [0.2, 0.25) is 0 Å². The molecule has 0 aliphatic rings. The summed E-state index contributed by atoms with van der Waals surface area (Å²) in [6.45, 7) is 7.55. The summed E-state index contributed by atoms with van der Waals surface area (Å²) >= 11 is 1.75. The van der Waals surface area contributed by atoms with E-state index in [0.29, 0.717) is 17.9 Å². The molecule has 0 spiro atoms. The molecule has 1 unspecified atom stereocenters. The molecule has 76 valence electrons. The number of rotatable bonds is 5. The molecular formula is C12H16OS. The van der Waals surface area contributed by atoms with Gasteiger partial charge in [0.1, 0.15) is 0 Å². The first-order valence-electron chi connectivity index (χ1n) is 4.80. The van der Waals surface area contributed by atoms with Crippen LogP contribution in [0.15, 0.2) is 29.7 Å². The summed E-state index contributed by atoms with van der Waals surface area (Å²) in [7, 11) is 0. The van der Waals surface area contributed by atoms with Gasteiger partial charge in [0.15, 0.2) is 5.78 Å². The van der Waals surface area contributed by atoms with Crippen LogP contribution in [0.4, 0.5) is 0 Å². The molecule has 0 saturated heterocycles. The van der Waals surface area contributed by atoms with Crippen LogP contribution in [0, 0.1) is 5.92 Å². The van der Waals surface area contributed by atoms with E-state index >= 15 is 0 Å². The van der Waals surface area contributed by atoms with Crippen molar-refractivity contribution in [1.29, 1.82) is 0 Å². The minimum absolute atomic E-state index is 0.189. The van der Waals surface area contributed by atoms with Crippen molar-refractivity contribution in [3.8, 4) is 0 Å². The predicted molar refractivity (Wildman–Crippen MR) is 61.6 cm³/mol. The number of carbonyl (C=O) groups is 1. The van der Waals surface area contributed by atoms with Gasteiger partial charge in [-0.05, 0) is 36.3 Å². The number of Topliss-reactive ketones (excluding diaryl/α,β-unsaturated/α-hetero) is 1. The Hall–Kier alpha value is -0.890. The summed E-state index contributed by atoms with van der Waals surface area (Å²) in [5.41, 5.74) is 0.669. The number of thiophene rings is 1. The van der Waals surface area contributed by atoms with E-state index in [9.17, 15) is 4.79 Å². The van der Waals surface area contributed by atoms with Gasteiger partial charge >= 0.3 is 0 Å². The zero-order valence-corrected chi connectivity index (χ0v) is 9.56. The minimum atomic E-state index is 0.189. The van der Waals surface area contributed by atoms with Crippen molar-refractivity contribution in [2.24, 2.45) is 5.92 Å². The molecular weight excluding hydrogens is 192 g/mol. The van der Waals surface area contributed by atoms with E-state index in [0.717, 1.165) is 6.42 Å². The third-order valence-corrected chi connectivity index (χ3v) is 3.04. The zero-order chi connectivity index (χ0) is 10.6. The average Bonchev–Trinajstić information content (AvgIpc) is 2.56. The van der Waals surface area contributed by atoms with Gasteiger partial charge in [0.25, 0.3) is 0 Å². The number of hydrogen-bond donors (Lipinski definition) is 0. The van der Waals surface area contributed by atoms with Crippen LogP contribution in [0.3, 0.4) is 0 Å². The number of hydrogen-bond acceptors (Lipinski definition) is 2. The van der Waals surface area contributed by atoms with Crippen LogP contribution in [-0.2, 0) is 11.2 Å². The largest absolute Gasteiger partial charge is 0.295 e. The van der Waals surface area contributed by atoms with E-state index in [4.69, 9.17) is 0 Å². The predicted octanol–water partition coefficient (Wildman–Crippen LogP) is 3.46. The quantitative estimate of drug-likeness (QED) is 0.677. The fourth-order valence-electron chi connectivity index (χ4n) is 1.34. The molecule has 1 rings (SSSR count). The molecule has 14 heavy (non-hydrogen) atoms. The van der Waals surface area contributed by atoms with E-state index in [1.165, 1.54) is 4.88 Å². The number of ketones is 1. The van der Waals surface area contributed by atoms with Gasteiger partial charge in [0.05, 0.1) is 0 Å². The molecule has 1 nitrogen and oxygen atoms in total. The van der Waals surface area contributed by atoms with E-state index < -0.39 is 0 Å². The van der Waals surface area contributed by atoms with Gasteiger partial charge in [0, 0.05) is 11.3 Å². The molecule has 0 amide bonds. The Balaban J connectivity index is 2.40. The van der Waals surface area contributed by atoms with Crippen molar-refractivity contribution >= 4 is 17.1 Å². The van der Waals surface area contributed by atoms with Gasteiger partial charge < -0.3 is 0 Å². The molecule has 1 atom stereocenters. The maximum Gasteiger partial charge on any atom is 0.158 e. The van der Waals surface area contributed by atoms with Crippen molar-refractivity contribution in [2.75, 3.05) is 0 Å². The second kappa shape index (κ2) is 5.11. The normalized spacial score (nSPS) is 12.4. The van der Waals surface area contributed by atoms with Gasteiger partial charge in [-0.15, -0.1) is 11.3 Å². The third kappa shape index (κ3) is 3.46. The monoisotopic (exact) mass is 208 g/mol. The maximum absolute atomic E-state index is 11.4. The van der Waals surface area contributed by atoms with E-state index in [1.54, 1.807) is 18.3 Å². The van der Waals surface area contributed by atoms with Crippen LogP contribution in [0.1, 0.15) is 25.1 Å². The average molecular weight is 208 g/mol. The first-order chi connectivity index (χ1) is 6.59. The SMILES string of the molecule is C=C(C)C(=O)CC(C)Cc1cccs1. The Labute approximate surface area is 89.5 Å². The maximum atomic E-state index is 11.4. The lowest BCUT2D eigenvalue weighted by molar-refractivity contribution is -0.116. The highest BCUT2D eigenvalue weighted by molar-refractivity contribution is 7.09. The fourth-order valence-corrected chi connectivity index (χ4v) is 2.20. The molecule has 0 bridgehead atoms. The third-order valence-electron chi connectivity index (χ3n) is 2.14. The minimum Gasteiger partial charge on any atom is -0.295 e. The molecule has 1 heterocycles. The first kappa shape index (κ1) is 11.2. The van der Waals surface area contributed by atoms with Crippen LogP contribution in [0.5, 0.6) is 0 Å². The molecule has 0 fully saturated rings. The molecule has 0 aliphatic heterocycles. The van der Waals surface area contributed by atoms with Crippen LogP contribution >= 0.6 is 11.3 Å². The van der Waals surface area contributed by atoms with E-state index in [1.807, 2.05) is 6.07 Å². The Kier molecular flexibility index (Phi) is 4.08. The summed E-state index contributed by atoms with van der Waals surface area (Å²) in [5, 5.41) is 2.07. The number of carbonyl (C=O) groups excluding carboxylic acids is 1. The van der Waals surface area contributed by atoms with Crippen molar-refractivity contribution in [3.63, 3.8) is 0 Å². The molecule has 0 N–H and O–H groups in total. The second-order valence-electron chi connectivity index (χ2n) is 3.80. The Morgan fingerprint density at radius 1 is 1.64 bits per heavy atom. The number of allylic oxidation sites excluding steroid dienone is 1. The molecule has 0 radical (unpaired) electrons. The van der Waals surface area contributed by atoms with Gasteiger partial charge in [-0.3, -0.25) is 4.79 Å². The molecule has 2 heteroatoms. The van der Waals surface area contributed by atoms with E-state index in [2.05, 4.69) is 24.9 Å². The highest BCUT2D eigenvalue weighted by Crippen LogP contribution is 2.17. The standard InChI is InChI=1S/C12H16OS/c1-9(2)12(13)8-10(3)7-11-5-4-6-14-11/h4-6,10H,1,7-8H2,2-3H3. The highest BCUT2D eigenvalue weighted by atomic mass is 32.1. The van der Waals surface area contributed by atoms with Crippen LogP contribution in [0.2, 0.25) is 0 Å². The summed E-state index contributed by atoms with van der Waals surface area (Å²) in [4.78, 5) is 12.7. The molecule has 1 aromatic heterocycles. The molecule has 1 aromatic rings. The second-order valence-corrected chi connectivity index (χ2v) is 4.83. The summed E-state index contributed by atoms with van der Waals surface area (Å²) < 4.78 is 0. The van der Waals surface area contributed by atoms with Crippen molar-refractivity contribution in [2.45, 2.75) is 26.7 Å². The Morgan fingerprint density at radius 2 is 2.36 bits per heavy atom. The Morgan fingerprint density at radius 3 is 2.86 bits per heavy atom. The van der Waals surface area contributed by atoms with Crippen LogP contribution in [-0.4, -0.2) is 5.78 Å². The van der Waals surface area contributed by atoms with Crippen molar-refractivity contribution in [3.05, 3.63) is 34.5 Å². The molecule has 0 aromatic carbocycles. The topological polar surface area (TPSA) is 17.1 Å². The Bertz CT molecular complexity index is 311. The lowest BCUT2D eigenvalue weighted by Crippen LogP contribution is -2.07.